The standard InChI is InChI=1S/C19H30O2/c1-6-7-8-11-16(18(20)21-5)12-13-17-15(2)10-9-14-19(17,3)4/h11-13H,6-10,14H2,1-5H3/b13-12+,16-11+. The highest BCUT2D eigenvalue weighted by atomic mass is 16.5. The van der Waals surface area contributed by atoms with Crippen LogP contribution in [0.25, 0.3) is 0 Å². The number of rotatable bonds is 6. The molecule has 0 spiro atoms. The van der Waals surface area contributed by atoms with Crippen LogP contribution in [0, 0.1) is 5.41 Å². The molecule has 1 aliphatic carbocycles. The molecule has 0 saturated heterocycles. The molecule has 0 N–H and O–H groups in total. The fourth-order valence-electron chi connectivity index (χ4n) is 2.98. The second kappa shape index (κ2) is 8.21. The monoisotopic (exact) mass is 290 g/mol. The van der Waals surface area contributed by atoms with Crippen LogP contribution in [-0.2, 0) is 9.53 Å². The molecule has 0 heterocycles. The minimum Gasteiger partial charge on any atom is -0.465 e. The molecule has 0 aromatic rings. The van der Waals surface area contributed by atoms with E-state index in [1.165, 1.54) is 31.1 Å². The Morgan fingerprint density at radius 1 is 1.38 bits per heavy atom. The van der Waals surface area contributed by atoms with Crippen molar-refractivity contribution in [1.82, 2.24) is 0 Å². The lowest BCUT2D eigenvalue weighted by atomic mass is 9.72. The second-order valence-electron chi connectivity index (χ2n) is 6.56. The number of methoxy groups -OCH3 is 1. The maximum absolute atomic E-state index is 11.9. The van der Waals surface area contributed by atoms with Crippen LogP contribution in [-0.4, -0.2) is 13.1 Å². The number of allylic oxidation sites excluding steroid dienone is 4. The van der Waals surface area contributed by atoms with Crippen LogP contribution in [0.1, 0.15) is 66.2 Å². The molecule has 0 fully saturated rings. The van der Waals surface area contributed by atoms with Gasteiger partial charge in [-0.25, -0.2) is 4.79 Å². The third-order valence-corrected chi connectivity index (χ3v) is 4.32. The average molecular weight is 290 g/mol. The maximum Gasteiger partial charge on any atom is 0.337 e. The van der Waals surface area contributed by atoms with Crippen molar-refractivity contribution in [3.8, 4) is 0 Å². The zero-order valence-corrected chi connectivity index (χ0v) is 14.3. The second-order valence-corrected chi connectivity index (χ2v) is 6.56. The molecule has 1 aliphatic rings. The number of hydrogen-bond acceptors (Lipinski definition) is 2. The quantitative estimate of drug-likeness (QED) is 0.285. The molecule has 0 amide bonds. The van der Waals surface area contributed by atoms with Gasteiger partial charge in [0.15, 0.2) is 0 Å². The minimum atomic E-state index is -0.241. The molecular formula is C19H30O2. The van der Waals surface area contributed by atoms with E-state index in [9.17, 15) is 4.79 Å². The predicted molar refractivity (Wildman–Crippen MR) is 89.1 cm³/mol. The predicted octanol–water partition coefficient (Wildman–Crippen LogP) is 5.36. The summed E-state index contributed by atoms with van der Waals surface area (Å²) in [6.45, 7) is 8.93. The van der Waals surface area contributed by atoms with Crippen LogP contribution in [0.5, 0.6) is 0 Å². The third kappa shape index (κ3) is 5.18. The summed E-state index contributed by atoms with van der Waals surface area (Å²) in [4.78, 5) is 11.9. The number of ether oxygens (including phenoxy) is 1. The molecule has 118 valence electrons. The molecule has 0 aliphatic heterocycles. The van der Waals surface area contributed by atoms with Crippen molar-refractivity contribution >= 4 is 5.97 Å². The van der Waals surface area contributed by atoms with Gasteiger partial charge in [-0.3, -0.25) is 0 Å². The Bertz CT molecular complexity index is 450. The highest BCUT2D eigenvalue weighted by Crippen LogP contribution is 2.40. The van der Waals surface area contributed by atoms with Gasteiger partial charge >= 0.3 is 5.97 Å². The first kappa shape index (κ1) is 17.7. The van der Waals surface area contributed by atoms with Gasteiger partial charge in [0.05, 0.1) is 12.7 Å². The number of hydrogen-bond donors (Lipinski definition) is 0. The fraction of sp³-hybridized carbons (Fsp3) is 0.632. The van der Waals surface area contributed by atoms with Crippen molar-refractivity contribution in [3.05, 3.63) is 34.9 Å². The molecule has 1 rings (SSSR count). The van der Waals surface area contributed by atoms with Crippen molar-refractivity contribution in [1.29, 1.82) is 0 Å². The fourth-order valence-corrected chi connectivity index (χ4v) is 2.98. The van der Waals surface area contributed by atoms with Crippen LogP contribution >= 0.6 is 0 Å². The van der Waals surface area contributed by atoms with Gasteiger partial charge in [-0.05, 0) is 49.7 Å². The van der Waals surface area contributed by atoms with Crippen LogP contribution < -0.4 is 0 Å². The molecule has 0 radical (unpaired) electrons. The van der Waals surface area contributed by atoms with Crippen molar-refractivity contribution in [3.63, 3.8) is 0 Å². The zero-order valence-electron chi connectivity index (χ0n) is 14.3. The summed E-state index contributed by atoms with van der Waals surface area (Å²) in [6, 6.07) is 0. The first-order valence-electron chi connectivity index (χ1n) is 8.09. The largest absolute Gasteiger partial charge is 0.465 e. The van der Waals surface area contributed by atoms with Crippen molar-refractivity contribution in [2.75, 3.05) is 7.11 Å². The van der Waals surface area contributed by atoms with Crippen LogP contribution in [0.15, 0.2) is 34.9 Å². The van der Waals surface area contributed by atoms with Crippen LogP contribution in [0.4, 0.5) is 0 Å². The number of unbranched alkanes of at least 4 members (excludes halogenated alkanes) is 2. The number of carbonyl (C=O) groups is 1. The van der Waals surface area contributed by atoms with Gasteiger partial charge in [-0.1, -0.05) is 51.3 Å². The van der Waals surface area contributed by atoms with Gasteiger partial charge in [0.2, 0.25) is 0 Å². The molecule has 0 unspecified atom stereocenters. The van der Waals surface area contributed by atoms with E-state index in [4.69, 9.17) is 4.74 Å². The summed E-state index contributed by atoms with van der Waals surface area (Å²) in [5.74, 6) is -0.241. The molecule has 0 aromatic heterocycles. The van der Waals surface area contributed by atoms with E-state index in [0.717, 1.165) is 25.7 Å². The molecule has 2 heteroatoms. The number of carbonyl (C=O) groups excluding carboxylic acids is 1. The van der Waals surface area contributed by atoms with Crippen molar-refractivity contribution in [2.24, 2.45) is 5.41 Å². The van der Waals surface area contributed by atoms with Crippen molar-refractivity contribution < 1.29 is 9.53 Å². The molecular weight excluding hydrogens is 260 g/mol. The lowest BCUT2D eigenvalue weighted by Crippen LogP contribution is -2.19. The van der Waals surface area contributed by atoms with E-state index in [0.29, 0.717) is 5.57 Å². The lowest BCUT2D eigenvalue weighted by molar-refractivity contribution is -0.135. The Morgan fingerprint density at radius 2 is 2.10 bits per heavy atom. The Balaban J connectivity index is 2.96. The molecule has 21 heavy (non-hydrogen) atoms. The van der Waals surface area contributed by atoms with Gasteiger partial charge in [-0.2, -0.15) is 0 Å². The van der Waals surface area contributed by atoms with Crippen LogP contribution in [0.2, 0.25) is 0 Å². The highest BCUT2D eigenvalue weighted by molar-refractivity contribution is 5.91. The van der Waals surface area contributed by atoms with Gasteiger partial charge in [0, 0.05) is 0 Å². The molecule has 0 aromatic carbocycles. The summed E-state index contributed by atoms with van der Waals surface area (Å²) < 4.78 is 4.89. The molecule has 2 nitrogen and oxygen atoms in total. The maximum atomic E-state index is 11.9. The Kier molecular flexibility index (Phi) is 6.94. The number of esters is 1. The average Bonchev–Trinajstić information content (AvgIpc) is 2.43. The summed E-state index contributed by atoms with van der Waals surface area (Å²) in [6.07, 6.45) is 12.8. The highest BCUT2D eigenvalue weighted by Gasteiger charge is 2.26. The van der Waals surface area contributed by atoms with E-state index in [1.54, 1.807) is 0 Å². The molecule has 0 saturated carbocycles. The summed E-state index contributed by atoms with van der Waals surface area (Å²) in [5, 5.41) is 0. The third-order valence-electron chi connectivity index (χ3n) is 4.32. The summed E-state index contributed by atoms with van der Waals surface area (Å²) >= 11 is 0. The Labute approximate surface area is 130 Å². The van der Waals surface area contributed by atoms with E-state index in [1.807, 2.05) is 12.2 Å². The van der Waals surface area contributed by atoms with E-state index in [2.05, 4.69) is 33.8 Å². The lowest BCUT2D eigenvalue weighted by Gasteiger charge is -2.32. The van der Waals surface area contributed by atoms with Crippen LogP contribution in [0.3, 0.4) is 0 Å². The van der Waals surface area contributed by atoms with Gasteiger partial charge in [-0.15, -0.1) is 0 Å². The SMILES string of the molecule is CCCC/C=C(\C=C\C1=C(C)CCCC1(C)C)C(=O)OC. The normalized spacial score (nSPS) is 19.2. The Morgan fingerprint density at radius 3 is 2.67 bits per heavy atom. The van der Waals surface area contributed by atoms with Gasteiger partial charge < -0.3 is 4.74 Å². The molecule has 0 bridgehead atoms. The first-order chi connectivity index (χ1) is 9.92. The Hall–Kier alpha value is -1.31. The van der Waals surface area contributed by atoms with E-state index in [-0.39, 0.29) is 11.4 Å². The van der Waals surface area contributed by atoms with E-state index < -0.39 is 0 Å². The first-order valence-corrected chi connectivity index (χ1v) is 8.09. The van der Waals surface area contributed by atoms with Crippen molar-refractivity contribution in [2.45, 2.75) is 66.2 Å². The van der Waals surface area contributed by atoms with Gasteiger partial charge in [0.25, 0.3) is 0 Å². The zero-order chi connectivity index (χ0) is 15.9. The summed E-state index contributed by atoms with van der Waals surface area (Å²) in [5.41, 5.74) is 3.69. The minimum absolute atomic E-state index is 0.198. The van der Waals surface area contributed by atoms with E-state index >= 15 is 0 Å². The summed E-state index contributed by atoms with van der Waals surface area (Å²) in [7, 11) is 1.44. The van der Waals surface area contributed by atoms with Gasteiger partial charge in [0.1, 0.15) is 0 Å². The molecule has 0 atom stereocenters. The topological polar surface area (TPSA) is 26.3 Å². The smallest absolute Gasteiger partial charge is 0.337 e.